The number of aryl methyl sites for hydroxylation is 2. The molecule has 7 heteroatoms. The lowest BCUT2D eigenvalue weighted by Crippen LogP contribution is -2.33. The molecule has 1 aromatic rings. The number of hydrogen-bond acceptors (Lipinski definition) is 4. The molecule has 0 heterocycles. The van der Waals surface area contributed by atoms with Crippen LogP contribution in [0.15, 0.2) is 28.3 Å². The molecular weight excluding hydrogens is 242 g/mol. The Morgan fingerprint density at radius 3 is 2.59 bits per heavy atom. The Bertz CT molecular complexity index is 538. The third kappa shape index (κ3) is 3.43. The molecule has 0 aliphatic carbocycles. The average Bonchev–Trinajstić information content (AvgIpc) is 2.29. The van der Waals surface area contributed by atoms with Crippen molar-refractivity contribution in [1.29, 1.82) is 0 Å². The van der Waals surface area contributed by atoms with Crippen molar-refractivity contribution in [2.75, 3.05) is 6.54 Å². The van der Waals surface area contributed by atoms with Crippen LogP contribution in [0.3, 0.4) is 0 Å². The molecule has 0 atom stereocenters. The van der Waals surface area contributed by atoms with Gasteiger partial charge in [0.15, 0.2) is 5.84 Å². The molecule has 4 N–H and O–H groups in total. The Morgan fingerprint density at radius 2 is 2.06 bits per heavy atom. The minimum Gasteiger partial charge on any atom is -0.409 e. The molecule has 0 fully saturated rings. The van der Waals surface area contributed by atoms with E-state index in [0.29, 0.717) is 0 Å². The Kier molecular flexibility index (Phi) is 4.08. The average molecular weight is 257 g/mol. The van der Waals surface area contributed by atoms with Crippen LogP contribution in [0.2, 0.25) is 0 Å². The standard InChI is InChI=1S/C10H15N3O3S/c1-7-3-4-9(5-8(7)2)17(15,16)12-6-10(11)13-14/h3-5,12,14H,6H2,1-2H3,(H2,11,13). The van der Waals surface area contributed by atoms with E-state index >= 15 is 0 Å². The summed E-state index contributed by atoms with van der Waals surface area (Å²) in [6, 6.07) is 4.81. The molecule has 6 nitrogen and oxygen atoms in total. The Morgan fingerprint density at radius 1 is 1.41 bits per heavy atom. The van der Waals surface area contributed by atoms with Crippen molar-refractivity contribution in [3.05, 3.63) is 29.3 Å². The summed E-state index contributed by atoms with van der Waals surface area (Å²) in [7, 11) is -3.63. The van der Waals surface area contributed by atoms with E-state index in [1.54, 1.807) is 12.1 Å². The Labute approximate surface area is 100 Å². The minimum absolute atomic E-state index is 0.159. The fraction of sp³-hybridized carbons (Fsp3) is 0.300. The first-order valence-corrected chi connectivity index (χ1v) is 6.38. The van der Waals surface area contributed by atoms with Crippen LogP contribution in [0.4, 0.5) is 0 Å². The van der Waals surface area contributed by atoms with Gasteiger partial charge in [-0.05, 0) is 37.1 Å². The van der Waals surface area contributed by atoms with Crippen molar-refractivity contribution >= 4 is 15.9 Å². The normalized spacial score (nSPS) is 12.7. The number of benzene rings is 1. The highest BCUT2D eigenvalue weighted by Gasteiger charge is 2.14. The van der Waals surface area contributed by atoms with Crippen LogP contribution in [0.5, 0.6) is 0 Å². The van der Waals surface area contributed by atoms with Gasteiger partial charge in [-0.25, -0.2) is 13.1 Å². The molecule has 1 rings (SSSR count). The van der Waals surface area contributed by atoms with Crippen LogP contribution < -0.4 is 10.5 Å². The zero-order valence-electron chi connectivity index (χ0n) is 9.64. The zero-order chi connectivity index (χ0) is 13.1. The van der Waals surface area contributed by atoms with Gasteiger partial charge >= 0.3 is 0 Å². The van der Waals surface area contributed by atoms with Crippen LogP contribution in [0.25, 0.3) is 0 Å². The lowest BCUT2D eigenvalue weighted by atomic mass is 10.1. The molecule has 1 aromatic carbocycles. The summed E-state index contributed by atoms with van der Waals surface area (Å²) < 4.78 is 25.9. The number of sulfonamides is 1. The predicted molar refractivity (Wildman–Crippen MR) is 64.5 cm³/mol. The largest absolute Gasteiger partial charge is 0.409 e. The smallest absolute Gasteiger partial charge is 0.240 e. The number of oxime groups is 1. The maximum atomic E-state index is 11.8. The Balaban J connectivity index is 2.94. The second-order valence-corrected chi connectivity index (χ2v) is 5.43. The first-order chi connectivity index (χ1) is 7.86. The van der Waals surface area contributed by atoms with Crippen LogP contribution >= 0.6 is 0 Å². The molecule has 0 saturated heterocycles. The first kappa shape index (κ1) is 13.5. The van der Waals surface area contributed by atoms with Gasteiger partial charge in [0.1, 0.15) is 0 Å². The van der Waals surface area contributed by atoms with Gasteiger partial charge in [0, 0.05) is 0 Å². The zero-order valence-corrected chi connectivity index (χ0v) is 10.5. The summed E-state index contributed by atoms with van der Waals surface area (Å²) in [5, 5.41) is 11.0. The van der Waals surface area contributed by atoms with Crippen molar-refractivity contribution in [3.8, 4) is 0 Å². The SMILES string of the molecule is Cc1ccc(S(=O)(=O)NC/C(N)=N/O)cc1C. The number of rotatable bonds is 4. The summed E-state index contributed by atoms with van der Waals surface area (Å²) in [4.78, 5) is 0.159. The van der Waals surface area contributed by atoms with Gasteiger partial charge in [-0.2, -0.15) is 0 Å². The number of nitrogens with one attached hydrogen (secondary N) is 1. The van der Waals surface area contributed by atoms with E-state index in [0.717, 1.165) is 11.1 Å². The number of amidine groups is 1. The van der Waals surface area contributed by atoms with Crippen molar-refractivity contribution in [2.45, 2.75) is 18.7 Å². The van der Waals surface area contributed by atoms with Gasteiger partial charge in [-0.1, -0.05) is 11.2 Å². The van der Waals surface area contributed by atoms with Crippen LogP contribution in [0, 0.1) is 13.8 Å². The second-order valence-electron chi connectivity index (χ2n) is 3.66. The number of nitrogens with two attached hydrogens (primary N) is 1. The number of hydrogen-bond donors (Lipinski definition) is 3. The molecule has 0 amide bonds. The summed E-state index contributed by atoms with van der Waals surface area (Å²) >= 11 is 0. The fourth-order valence-electron chi connectivity index (χ4n) is 1.17. The van der Waals surface area contributed by atoms with E-state index in [1.165, 1.54) is 6.07 Å². The molecule has 17 heavy (non-hydrogen) atoms. The highest BCUT2D eigenvalue weighted by Crippen LogP contribution is 2.14. The van der Waals surface area contributed by atoms with Gasteiger partial charge in [-0.3, -0.25) is 0 Å². The fourth-order valence-corrected chi connectivity index (χ4v) is 2.25. The summed E-state index contributed by atoms with van der Waals surface area (Å²) in [5.74, 6) is -0.197. The highest BCUT2D eigenvalue weighted by molar-refractivity contribution is 7.89. The highest BCUT2D eigenvalue weighted by atomic mass is 32.2. The van der Waals surface area contributed by atoms with Crippen molar-refractivity contribution in [3.63, 3.8) is 0 Å². The molecule has 0 aliphatic rings. The van der Waals surface area contributed by atoms with Gasteiger partial charge in [-0.15, -0.1) is 0 Å². The second kappa shape index (κ2) is 5.15. The first-order valence-electron chi connectivity index (χ1n) is 4.90. The summed E-state index contributed by atoms with van der Waals surface area (Å²) in [6.07, 6.45) is 0. The third-order valence-corrected chi connectivity index (χ3v) is 3.76. The molecular formula is C10H15N3O3S. The van der Waals surface area contributed by atoms with Gasteiger partial charge in [0.25, 0.3) is 0 Å². The van der Waals surface area contributed by atoms with Gasteiger partial charge in [0.2, 0.25) is 10.0 Å². The third-order valence-electron chi connectivity index (χ3n) is 2.36. The minimum atomic E-state index is -3.63. The topological polar surface area (TPSA) is 105 Å². The summed E-state index contributed by atoms with van der Waals surface area (Å²) in [5.41, 5.74) is 7.09. The maximum Gasteiger partial charge on any atom is 0.240 e. The van der Waals surface area contributed by atoms with Crippen LogP contribution in [-0.4, -0.2) is 26.0 Å². The molecule has 0 spiro atoms. The molecule has 0 bridgehead atoms. The van der Waals surface area contributed by atoms with E-state index in [4.69, 9.17) is 10.9 Å². The van der Waals surface area contributed by atoms with Crippen molar-refractivity contribution < 1.29 is 13.6 Å². The quantitative estimate of drug-likeness (QED) is 0.313. The van der Waals surface area contributed by atoms with E-state index in [9.17, 15) is 8.42 Å². The van der Waals surface area contributed by atoms with Crippen LogP contribution in [-0.2, 0) is 10.0 Å². The van der Waals surface area contributed by atoms with E-state index in [1.807, 2.05) is 13.8 Å². The van der Waals surface area contributed by atoms with E-state index < -0.39 is 10.0 Å². The van der Waals surface area contributed by atoms with Crippen molar-refractivity contribution in [1.82, 2.24) is 4.72 Å². The molecule has 94 valence electrons. The van der Waals surface area contributed by atoms with E-state index in [-0.39, 0.29) is 17.3 Å². The van der Waals surface area contributed by atoms with Crippen LogP contribution in [0.1, 0.15) is 11.1 Å². The monoisotopic (exact) mass is 257 g/mol. The molecule has 0 aromatic heterocycles. The molecule has 0 unspecified atom stereocenters. The lowest BCUT2D eigenvalue weighted by Gasteiger charge is -2.07. The molecule has 0 aliphatic heterocycles. The van der Waals surface area contributed by atoms with Crippen molar-refractivity contribution in [2.24, 2.45) is 10.9 Å². The molecule has 0 radical (unpaired) electrons. The maximum absolute atomic E-state index is 11.8. The van der Waals surface area contributed by atoms with E-state index in [2.05, 4.69) is 9.88 Å². The van der Waals surface area contributed by atoms with Gasteiger partial charge < -0.3 is 10.9 Å². The molecule has 0 saturated carbocycles. The van der Waals surface area contributed by atoms with Gasteiger partial charge in [0.05, 0.1) is 11.4 Å². The predicted octanol–water partition coefficient (Wildman–Crippen LogP) is 0.328. The Hall–Kier alpha value is -1.60. The summed E-state index contributed by atoms with van der Waals surface area (Å²) in [6.45, 7) is 3.50. The number of nitrogens with zero attached hydrogens (tertiary/aromatic N) is 1. The lowest BCUT2D eigenvalue weighted by molar-refractivity contribution is 0.317.